The zero-order valence-corrected chi connectivity index (χ0v) is 18.0. The predicted molar refractivity (Wildman–Crippen MR) is 117 cm³/mol. The highest BCUT2D eigenvalue weighted by molar-refractivity contribution is 5.87. The van der Waals surface area contributed by atoms with Gasteiger partial charge in [0.25, 0.3) is 0 Å². The fourth-order valence-corrected chi connectivity index (χ4v) is 4.95. The Morgan fingerprint density at radius 2 is 1.94 bits per heavy atom. The van der Waals surface area contributed by atoms with Crippen molar-refractivity contribution in [3.8, 4) is 0 Å². The Balaban J connectivity index is 1.28. The third-order valence-electron chi connectivity index (χ3n) is 6.68. The largest absolute Gasteiger partial charge is 0.423 e. The molecule has 1 amide bonds. The van der Waals surface area contributed by atoms with Gasteiger partial charge < -0.3 is 13.9 Å². The first kappa shape index (κ1) is 20.0. The number of aromatic nitrogens is 3. The number of piperidine rings is 1. The molecule has 3 aromatic rings. The minimum atomic E-state index is -0.410. The molecule has 162 valence electrons. The summed E-state index contributed by atoms with van der Waals surface area (Å²) in [5.41, 5.74) is 1.89. The van der Waals surface area contributed by atoms with E-state index in [1.54, 1.807) is 0 Å². The summed E-state index contributed by atoms with van der Waals surface area (Å²) in [4.78, 5) is 26.9. The minimum absolute atomic E-state index is 0.0611. The molecule has 0 atom stereocenters. The lowest BCUT2D eigenvalue weighted by atomic mass is 9.95. The number of hydrogen-bond donors (Lipinski definition) is 0. The number of likely N-dealkylation sites (tertiary alicyclic amines) is 1. The summed E-state index contributed by atoms with van der Waals surface area (Å²) in [5, 5.41) is 9.79. The maximum atomic E-state index is 13.0. The molecule has 0 saturated carbocycles. The lowest BCUT2D eigenvalue weighted by Gasteiger charge is -2.32. The maximum absolute atomic E-state index is 13.0. The van der Waals surface area contributed by atoms with Gasteiger partial charge in [0.1, 0.15) is 17.2 Å². The second-order valence-electron chi connectivity index (χ2n) is 8.86. The summed E-state index contributed by atoms with van der Waals surface area (Å²) in [7, 11) is 0. The number of nitrogens with zero attached hydrogens (tertiary/aromatic N) is 4. The van der Waals surface area contributed by atoms with E-state index in [9.17, 15) is 9.59 Å². The Bertz CT molecular complexity index is 1170. The molecule has 0 bridgehead atoms. The highest BCUT2D eigenvalue weighted by atomic mass is 16.4. The zero-order valence-electron chi connectivity index (χ0n) is 18.0. The number of aryl methyl sites for hydroxylation is 2. The molecular weight excluding hydrogens is 392 g/mol. The van der Waals surface area contributed by atoms with Gasteiger partial charge in [0, 0.05) is 43.4 Å². The maximum Gasteiger partial charge on any atom is 0.336 e. The lowest BCUT2D eigenvalue weighted by molar-refractivity contribution is -0.131. The normalized spacial score (nSPS) is 17.5. The van der Waals surface area contributed by atoms with Gasteiger partial charge in [0.15, 0.2) is 0 Å². The molecule has 4 heterocycles. The van der Waals surface area contributed by atoms with Crippen molar-refractivity contribution in [2.75, 3.05) is 13.1 Å². The number of rotatable bonds is 3. The fraction of sp³-hybridized carbons (Fsp3) is 0.500. The van der Waals surface area contributed by atoms with E-state index in [2.05, 4.69) is 14.8 Å². The quantitative estimate of drug-likeness (QED) is 0.607. The first-order valence-electron chi connectivity index (χ1n) is 11.3. The van der Waals surface area contributed by atoms with Crippen LogP contribution in [0.4, 0.5) is 0 Å². The summed E-state index contributed by atoms with van der Waals surface area (Å²) in [6.45, 7) is 4.39. The number of amides is 1. The average Bonchev–Trinajstić information content (AvgIpc) is 3.01. The van der Waals surface area contributed by atoms with E-state index < -0.39 is 5.63 Å². The zero-order chi connectivity index (χ0) is 21.4. The van der Waals surface area contributed by atoms with Crippen LogP contribution in [-0.4, -0.2) is 38.7 Å². The molecule has 1 aromatic carbocycles. The van der Waals surface area contributed by atoms with Crippen LogP contribution in [-0.2, 0) is 24.2 Å². The number of fused-ring (bicyclic) bond motifs is 2. The molecule has 0 radical (unpaired) electrons. The van der Waals surface area contributed by atoms with Crippen LogP contribution in [0.2, 0.25) is 0 Å². The number of hydrogen-bond acceptors (Lipinski definition) is 5. The molecule has 1 saturated heterocycles. The molecule has 0 N–H and O–H groups in total. The van der Waals surface area contributed by atoms with E-state index in [1.165, 1.54) is 25.3 Å². The van der Waals surface area contributed by atoms with Crippen LogP contribution in [0, 0.1) is 6.92 Å². The molecule has 2 aromatic heterocycles. The van der Waals surface area contributed by atoms with Crippen LogP contribution in [0.5, 0.6) is 0 Å². The molecule has 1 fully saturated rings. The third kappa shape index (κ3) is 4.01. The van der Waals surface area contributed by atoms with Crippen molar-refractivity contribution in [3.63, 3.8) is 0 Å². The highest BCUT2D eigenvalue weighted by Crippen LogP contribution is 2.29. The molecule has 0 unspecified atom stereocenters. The van der Waals surface area contributed by atoms with Gasteiger partial charge in [-0.2, -0.15) is 0 Å². The first-order chi connectivity index (χ1) is 15.1. The molecule has 5 rings (SSSR count). The van der Waals surface area contributed by atoms with E-state index in [4.69, 9.17) is 4.42 Å². The summed E-state index contributed by atoms with van der Waals surface area (Å²) < 4.78 is 7.65. The monoisotopic (exact) mass is 420 g/mol. The van der Waals surface area contributed by atoms with Crippen molar-refractivity contribution in [3.05, 3.63) is 57.5 Å². The van der Waals surface area contributed by atoms with Crippen LogP contribution in [0.15, 0.2) is 33.5 Å². The van der Waals surface area contributed by atoms with E-state index in [0.717, 1.165) is 54.0 Å². The number of carbonyl (C=O) groups excluding carboxylic acids is 1. The second-order valence-corrected chi connectivity index (χ2v) is 8.86. The van der Waals surface area contributed by atoms with Crippen molar-refractivity contribution >= 4 is 16.9 Å². The van der Waals surface area contributed by atoms with Crippen LogP contribution in [0.3, 0.4) is 0 Å². The van der Waals surface area contributed by atoms with Gasteiger partial charge in [-0.1, -0.05) is 18.6 Å². The van der Waals surface area contributed by atoms with Crippen molar-refractivity contribution in [2.45, 2.75) is 64.3 Å². The van der Waals surface area contributed by atoms with Gasteiger partial charge in [-0.3, -0.25) is 4.79 Å². The standard InChI is InChI=1S/C24H28N4O3/c1-16-6-7-19-18(15-23(30)31-20(19)13-16)14-22(29)27-11-8-17(9-12-27)24-26-25-21-5-3-2-4-10-28(21)24/h6-7,13,15,17H,2-5,8-12,14H2,1H3. The summed E-state index contributed by atoms with van der Waals surface area (Å²) in [6.07, 6.45) is 6.67. The molecule has 31 heavy (non-hydrogen) atoms. The van der Waals surface area contributed by atoms with Crippen molar-refractivity contribution in [1.29, 1.82) is 0 Å². The van der Waals surface area contributed by atoms with Gasteiger partial charge in [-0.15, -0.1) is 10.2 Å². The number of benzene rings is 1. The Morgan fingerprint density at radius 3 is 2.77 bits per heavy atom. The third-order valence-corrected chi connectivity index (χ3v) is 6.68. The van der Waals surface area contributed by atoms with Crippen LogP contribution in [0.1, 0.15) is 60.8 Å². The first-order valence-corrected chi connectivity index (χ1v) is 11.3. The van der Waals surface area contributed by atoms with E-state index in [1.807, 2.05) is 30.0 Å². The molecule has 2 aliphatic rings. The average molecular weight is 421 g/mol. The van der Waals surface area contributed by atoms with Crippen LogP contribution in [0.25, 0.3) is 11.0 Å². The Labute approximate surface area is 181 Å². The van der Waals surface area contributed by atoms with Crippen molar-refractivity contribution in [2.24, 2.45) is 0 Å². The Morgan fingerprint density at radius 1 is 1.10 bits per heavy atom. The van der Waals surface area contributed by atoms with Gasteiger partial charge in [0.05, 0.1) is 6.42 Å². The van der Waals surface area contributed by atoms with Gasteiger partial charge in [0.2, 0.25) is 5.91 Å². The SMILES string of the molecule is Cc1ccc2c(CC(=O)N3CCC(c4nnc5n4CCCCC5)CC3)cc(=O)oc2c1. The van der Waals surface area contributed by atoms with E-state index in [0.29, 0.717) is 24.6 Å². The van der Waals surface area contributed by atoms with Crippen LogP contribution >= 0.6 is 0 Å². The lowest BCUT2D eigenvalue weighted by Crippen LogP contribution is -2.39. The van der Waals surface area contributed by atoms with Gasteiger partial charge in [-0.25, -0.2) is 4.79 Å². The van der Waals surface area contributed by atoms with E-state index >= 15 is 0 Å². The van der Waals surface area contributed by atoms with Gasteiger partial charge in [-0.05, 0) is 49.8 Å². The van der Waals surface area contributed by atoms with Crippen LogP contribution < -0.4 is 5.63 Å². The highest BCUT2D eigenvalue weighted by Gasteiger charge is 2.28. The summed E-state index contributed by atoms with van der Waals surface area (Å²) in [5.74, 6) is 2.64. The molecule has 2 aliphatic heterocycles. The van der Waals surface area contributed by atoms with Crippen molar-refractivity contribution < 1.29 is 9.21 Å². The molecule has 7 nitrogen and oxygen atoms in total. The summed E-state index contributed by atoms with van der Waals surface area (Å²) >= 11 is 0. The smallest absolute Gasteiger partial charge is 0.336 e. The predicted octanol–water partition coefficient (Wildman–Crippen LogP) is 3.37. The van der Waals surface area contributed by atoms with Gasteiger partial charge >= 0.3 is 5.63 Å². The second kappa shape index (κ2) is 8.29. The minimum Gasteiger partial charge on any atom is -0.423 e. The topological polar surface area (TPSA) is 81.2 Å². The molecule has 7 heteroatoms. The number of carbonyl (C=O) groups is 1. The summed E-state index contributed by atoms with van der Waals surface area (Å²) in [6, 6.07) is 7.20. The molecule has 0 spiro atoms. The fourth-order valence-electron chi connectivity index (χ4n) is 4.95. The Hall–Kier alpha value is -2.96. The molecule has 0 aliphatic carbocycles. The van der Waals surface area contributed by atoms with E-state index in [-0.39, 0.29) is 12.3 Å². The van der Waals surface area contributed by atoms with Crippen molar-refractivity contribution in [1.82, 2.24) is 19.7 Å². The molecular formula is C24H28N4O3. The Kier molecular flexibility index (Phi) is 5.34.